The average Bonchev–Trinajstić information content (AvgIpc) is 2.79. The maximum absolute atomic E-state index is 12.2. The second-order valence-corrected chi connectivity index (χ2v) is 5.21. The number of nitrogens with one attached hydrogen (secondary N) is 2. The summed E-state index contributed by atoms with van der Waals surface area (Å²) in [4.78, 5) is 36.3. The third-order valence-electron chi connectivity index (χ3n) is 3.62. The number of nitrogens with zero attached hydrogens (tertiary/aromatic N) is 1. The molecule has 0 bridgehead atoms. The fourth-order valence-electron chi connectivity index (χ4n) is 2.08. The average molecular weight is 301 g/mol. The predicted octanol–water partition coefficient (Wildman–Crippen LogP) is -0.356. The summed E-state index contributed by atoms with van der Waals surface area (Å²) in [5.74, 6) is -1.27. The van der Waals surface area contributed by atoms with Crippen LogP contribution in [0, 0.1) is 5.41 Å². The Morgan fingerprint density at radius 3 is 2.57 bits per heavy atom. The van der Waals surface area contributed by atoms with Gasteiger partial charge in [0.25, 0.3) is 0 Å². The van der Waals surface area contributed by atoms with Crippen molar-refractivity contribution in [1.29, 1.82) is 0 Å². The van der Waals surface area contributed by atoms with E-state index in [2.05, 4.69) is 10.6 Å². The highest BCUT2D eigenvalue weighted by Gasteiger charge is 2.47. The van der Waals surface area contributed by atoms with Gasteiger partial charge in [0.15, 0.2) is 0 Å². The predicted molar refractivity (Wildman–Crippen MR) is 74.8 cm³/mol. The molecule has 0 aromatic rings. The fourth-order valence-corrected chi connectivity index (χ4v) is 2.08. The lowest BCUT2D eigenvalue weighted by Crippen LogP contribution is -2.54. The summed E-state index contributed by atoms with van der Waals surface area (Å²) < 4.78 is 5.17. The van der Waals surface area contributed by atoms with Gasteiger partial charge in [0, 0.05) is 13.1 Å². The first-order valence-corrected chi connectivity index (χ1v) is 6.98. The lowest BCUT2D eigenvalue weighted by molar-refractivity contribution is -0.148. The summed E-state index contributed by atoms with van der Waals surface area (Å²) in [5.41, 5.74) is -1.15. The van der Waals surface area contributed by atoms with Crippen LogP contribution in [-0.4, -0.2) is 66.8 Å². The van der Waals surface area contributed by atoms with Gasteiger partial charge in [0.2, 0.25) is 5.91 Å². The van der Waals surface area contributed by atoms with Gasteiger partial charge in [0.05, 0.1) is 19.3 Å². The van der Waals surface area contributed by atoms with Gasteiger partial charge in [-0.2, -0.15) is 0 Å². The molecule has 2 unspecified atom stereocenters. The second kappa shape index (κ2) is 7.26. The van der Waals surface area contributed by atoms with E-state index in [1.807, 2.05) is 0 Å². The van der Waals surface area contributed by atoms with E-state index in [0.717, 1.165) is 0 Å². The van der Waals surface area contributed by atoms with E-state index >= 15 is 0 Å². The molecule has 0 aliphatic carbocycles. The van der Waals surface area contributed by atoms with Crippen LogP contribution in [0.4, 0.5) is 4.79 Å². The van der Waals surface area contributed by atoms with Crippen molar-refractivity contribution in [2.45, 2.75) is 26.8 Å². The van der Waals surface area contributed by atoms with Crippen molar-refractivity contribution >= 4 is 17.9 Å². The Balaban J connectivity index is 2.65. The molecule has 1 fully saturated rings. The normalized spacial score (nSPS) is 24.4. The van der Waals surface area contributed by atoms with Crippen LogP contribution in [-0.2, 0) is 14.3 Å². The van der Waals surface area contributed by atoms with Crippen LogP contribution in [0.3, 0.4) is 0 Å². The molecule has 2 atom stereocenters. The molecule has 1 rings (SSSR count). The van der Waals surface area contributed by atoms with Crippen molar-refractivity contribution in [3.8, 4) is 0 Å². The van der Waals surface area contributed by atoms with Crippen molar-refractivity contribution in [2.24, 2.45) is 5.41 Å². The number of amides is 3. The Kier molecular flexibility index (Phi) is 5.95. The minimum atomic E-state index is -1.15. The lowest BCUT2D eigenvalue weighted by atomic mass is 9.85. The Morgan fingerprint density at radius 1 is 1.38 bits per heavy atom. The number of rotatable bonds is 6. The highest BCUT2D eigenvalue weighted by atomic mass is 16.5. The molecule has 8 heteroatoms. The molecule has 0 aromatic heterocycles. The topological polar surface area (TPSA) is 108 Å². The largest absolute Gasteiger partial charge is 0.481 e. The van der Waals surface area contributed by atoms with E-state index in [1.54, 1.807) is 13.8 Å². The number of urea groups is 1. The Labute approximate surface area is 123 Å². The Hall–Kier alpha value is -1.83. The van der Waals surface area contributed by atoms with Crippen LogP contribution in [0.1, 0.15) is 20.8 Å². The minimum Gasteiger partial charge on any atom is -0.481 e. The number of carboxylic acid groups (broad SMARTS) is 1. The summed E-state index contributed by atoms with van der Waals surface area (Å²) in [6, 6.07) is -1.09. The SMILES string of the molecule is CCNC(=O)CN(CC)C(=O)NC1COCC1(C)C(=O)O. The van der Waals surface area contributed by atoms with E-state index < -0.39 is 23.5 Å². The molecule has 8 nitrogen and oxygen atoms in total. The Morgan fingerprint density at radius 2 is 2.05 bits per heavy atom. The highest BCUT2D eigenvalue weighted by molar-refractivity contribution is 5.85. The smallest absolute Gasteiger partial charge is 0.318 e. The van der Waals surface area contributed by atoms with Gasteiger partial charge in [-0.15, -0.1) is 0 Å². The van der Waals surface area contributed by atoms with Crippen LogP contribution >= 0.6 is 0 Å². The quantitative estimate of drug-likeness (QED) is 0.621. The number of likely N-dealkylation sites (N-methyl/N-ethyl adjacent to an activating group) is 2. The lowest BCUT2D eigenvalue weighted by Gasteiger charge is -2.28. The van der Waals surface area contributed by atoms with E-state index in [1.165, 1.54) is 11.8 Å². The van der Waals surface area contributed by atoms with Gasteiger partial charge in [-0.25, -0.2) is 4.79 Å². The molecular formula is C13H23N3O5. The molecular weight excluding hydrogens is 278 g/mol. The first-order valence-electron chi connectivity index (χ1n) is 6.98. The molecule has 0 aromatic carbocycles. The van der Waals surface area contributed by atoms with Crippen LogP contribution in [0.2, 0.25) is 0 Å². The van der Waals surface area contributed by atoms with Gasteiger partial charge in [-0.05, 0) is 20.8 Å². The zero-order chi connectivity index (χ0) is 16.0. The number of carboxylic acids is 1. The van der Waals surface area contributed by atoms with Crippen molar-refractivity contribution < 1.29 is 24.2 Å². The van der Waals surface area contributed by atoms with Crippen molar-refractivity contribution in [3.05, 3.63) is 0 Å². The van der Waals surface area contributed by atoms with Crippen molar-refractivity contribution in [2.75, 3.05) is 32.8 Å². The van der Waals surface area contributed by atoms with Crippen LogP contribution in [0.5, 0.6) is 0 Å². The number of aliphatic carboxylic acids is 1. The number of carbonyl (C=O) groups is 3. The maximum Gasteiger partial charge on any atom is 0.318 e. The van der Waals surface area contributed by atoms with Gasteiger partial charge in [-0.3, -0.25) is 9.59 Å². The van der Waals surface area contributed by atoms with Crippen molar-refractivity contribution in [1.82, 2.24) is 15.5 Å². The third-order valence-corrected chi connectivity index (χ3v) is 3.62. The number of hydrogen-bond acceptors (Lipinski definition) is 4. The van der Waals surface area contributed by atoms with E-state index in [9.17, 15) is 19.5 Å². The molecule has 21 heavy (non-hydrogen) atoms. The minimum absolute atomic E-state index is 0.0513. The number of hydrogen-bond donors (Lipinski definition) is 3. The molecule has 0 radical (unpaired) electrons. The van der Waals surface area contributed by atoms with Crippen LogP contribution in [0.25, 0.3) is 0 Å². The van der Waals surface area contributed by atoms with Crippen LogP contribution in [0.15, 0.2) is 0 Å². The molecule has 1 saturated heterocycles. The van der Waals surface area contributed by atoms with E-state index in [0.29, 0.717) is 13.1 Å². The van der Waals surface area contributed by atoms with E-state index in [-0.39, 0.29) is 25.7 Å². The fraction of sp³-hybridized carbons (Fsp3) is 0.769. The zero-order valence-electron chi connectivity index (χ0n) is 12.6. The number of ether oxygens (including phenoxy) is 1. The third kappa shape index (κ3) is 4.07. The first-order chi connectivity index (χ1) is 9.85. The zero-order valence-corrected chi connectivity index (χ0v) is 12.6. The van der Waals surface area contributed by atoms with Gasteiger partial charge < -0.3 is 25.4 Å². The Bertz CT molecular complexity index is 415. The summed E-state index contributed by atoms with van der Waals surface area (Å²) >= 11 is 0. The molecule has 0 spiro atoms. The maximum atomic E-state index is 12.2. The molecule has 3 N–H and O–H groups in total. The van der Waals surface area contributed by atoms with Gasteiger partial charge in [0.1, 0.15) is 12.0 Å². The van der Waals surface area contributed by atoms with Gasteiger partial charge in [-0.1, -0.05) is 0 Å². The molecule has 1 aliphatic rings. The van der Waals surface area contributed by atoms with Gasteiger partial charge >= 0.3 is 12.0 Å². The summed E-state index contributed by atoms with van der Waals surface area (Å²) in [6.07, 6.45) is 0. The summed E-state index contributed by atoms with van der Waals surface area (Å²) in [7, 11) is 0. The number of carbonyl (C=O) groups excluding carboxylic acids is 2. The standard InChI is InChI=1S/C13H23N3O5/c1-4-14-10(17)6-16(5-2)12(20)15-9-7-21-8-13(9,3)11(18)19/h9H,4-8H2,1-3H3,(H,14,17)(H,15,20)(H,18,19). The molecule has 120 valence electrons. The van der Waals surface area contributed by atoms with Crippen molar-refractivity contribution in [3.63, 3.8) is 0 Å². The molecule has 3 amide bonds. The summed E-state index contributed by atoms with van der Waals surface area (Å²) in [5, 5.41) is 14.5. The highest BCUT2D eigenvalue weighted by Crippen LogP contribution is 2.28. The summed E-state index contributed by atoms with van der Waals surface area (Å²) in [6.45, 7) is 6.05. The monoisotopic (exact) mass is 301 g/mol. The molecule has 0 saturated carbocycles. The molecule has 1 aliphatic heterocycles. The van der Waals surface area contributed by atoms with Crippen LogP contribution < -0.4 is 10.6 Å². The molecule has 1 heterocycles. The van der Waals surface area contributed by atoms with E-state index in [4.69, 9.17) is 4.74 Å². The second-order valence-electron chi connectivity index (χ2n) is 5.21. The first kappa shape index (κ1) is 17.2.